The van der Waals surface area contributed by atoms with Gasteiger partial charge in [-0.25, -0.2) is 13.2 Å². The van der Waals surface area contributed by atoms with Crippen molar-refractivity contribution in [2.24, 2.45) is 5.92 Å². The van der Waals surface area contributed by atoms with Crippen LogP contribution >= 0.6 is 34.8 Å². The van der Waals surface area contributed by atoms with Crippen LogP contribution in [0.4, 0.5) is 10.5 Å². The van der Waals surface area contributed by atoms with Crippen LogP contribution < -0.4 is 5.32 Å². The predicted octanol–water partition coefficient (Wildman–Crippen LogP) is 4.47. The Balaban J connectivity index is 1.48. The fourth-order valence-electron chi connectivity index (χ4n) is 4.58. The summed E-state index contributed by atoms with van der Waals surface area (Å²) in [6.45, 7) is 3.19. The van der Waals surface area contributed by atoms with Crippen molar-refractivity contribution in [1.29, 1.82) is 0 Å². The van der Waals surface area contributed by atoms with Gasteiger partial charge in [-0.2, -0.15) is 4.31 Å². The molecule has 0 bridgehead atoms. The van der Waals surface area contributed by atoms with Gasteiger partial charge in [0.2, 0.25) is 10.0 Å². The number of carbonyl (C=O) groups is 1. The zero-order valence-electron chi connectivity index (χ0n) is 18.8. The van der Waals surface area contributed by atoms with Gasteiger partial charge in [0.25, 0.3) is 0 Å². The van der Waals surface area contributed by atoms with E-state index < -0.39 is 10.0 Å². The Hall–Kier alpha value is -1.71. The zero-order chi connectivity index (χ0) is 24.5. The minimum absolute atomic E-state index is 0.0628. The van der Waals surface area contributed by atoms with E-state index in [-0.39, 0.29) is 17.9 Å². The van der Waals surface area contributed by atoms with E-state index >= 15 is 0 Å². The van der Waals surface area contributed by atoms with Gasteiger partial charge >= 0.3 is 6.03 Å². The number of nitrogens with zero attached hydrogens (tertiary/aromatic N) is 3. The highest BCUT2D eigenvalue weighted by molar-refractivity contribution is 7.88. The van der Waals surface area contributed by atoms with Gasteiger partial charge in [-0.1, -0.05) is 40.9 Å². The average molecular weight is 546 g/mol. The summed E-state index contributed by atoms with van der Waals surface area (Å²) in [5, 5.41) is 5.12. The molecule has 184 valence electrons. The van der Waals surface area contributed by atoms with E-state index in [1.54, 1.807) is 11.0 Å². The molecule has 0 saturated carbocycles. The maximum Gasteiger partial charge on any atom is 0.320 e. The molecule has 1 N–H and O–H groups in total. The quantitative estimate of drug-likeness (QED) is 0.602. The normalized spacial score (nSPS) is 21.6. The van der Waals surface area contributed by atoms with Gasteiger partial charge in [0.05, 0.1) is 16.3 Å². The molecule has 0 aromatic heterocycles. The van der Waals surface area contributed by atoms with Crippen LogP contribution in [-0.2, 0) is 10.0 Å². The van der Waals surface area contributed by atoms with E-state index in [1.165, 1.54) is 10.6 Å². The summed E-state index contributed by atoms with van der Waals surface area (Å²) in [4.78, 5) is 16.9. The second-order valence-electron chi connectivity index (χ2n) is 8.76. The summed E-state index contributed by atoms with van der Waals surface area (Å²) in [5.74, 6) is 0.227. The Kier molecular flexibility index (Phi) is 7.84. The number of halogens is 3. The first kappa shape index (κ1) is 25.4. The molecule has 2 aromatic carbocycles. The van der Waals surface area contributed by atoms with Gasteiger partial charge in [-0.05, 0) is 42.0 Å². The first-order chi connectivity index (χ1) is 16.1. The van der Waals surface area contributed by atoms with Gasteiger partial charge in [0.15, 0.2) is 0 Å². The smallest absolute Gasteiger partial charge is 0.320 e. The topological polar surface area (TPSA) is 73.0 Å². The van der Waals surface area contributed by atoms with Crippen molar-refractivity contribution in [3.63, 3.8) is 0 Å². The van der Waals surface area contributed by atoms with Crippen molar-refractivity contribution in [3.8, 4) is 0 Å². The molecule has 2 atom stereocenters. The highest BCUT2D eigenvalue weighted by Crippen LogP contribution is 2.36. The molecule has 2 unspecified atom stereocenters. The molecule has 2 aromatic rings. The van der Waals surface area contributed by atoms with Crippen LogP contribution in [0.1, 0.15) is 11.5 Å². The van der Waals surface area contributed by atoms with Crippen LogP contribution in [0.2, 0.25) is 15.1 Å². The van der Waals surface area contributed by atoms with E-state index in [4.69, 9.17) is 34.8 Å². The van der Waals surface area contributed by atoms with Crippen LogP contribution in [0.3, 0.4) is 0 Å². The van der Waals surface area contributed by atoms with Crippen molar-refractivity contribution in [3.05, 3.63) is 63.1 Å². The monoisotopic (exact) mass is 544 g/mol. The van der Waals surface area contributed by atoms with Crippen molar-refractivity contribution < 1.29 is 13.2 Å². The number of hydrogen-bond acceptors (Lipinski definition) is 4. The number of amides is 2. The number of hydrogen-bond donors (Lipinski definition) is 1. The Morgan fingerprint density at radius 1 is 0.941 bits per heavy atom. The summed E-state index contributed by atoms with van der Waals surface area (Å²) >= 11 is 18.4. The molecule has 2 aliphatic rings. The third kappa shape index (κ3) is 5.91. The van der Waals surface area contributed by atoms with Gasteiger partial charge in [0.1, 0.15) is 0 Å². The van der Waals surface area contributed by atoms with Gasteiger partial charge in [0, 0.05) is 68.4 Å². The van der Waals surface area contributed by atoms with Crippen LogP contribution in [0, 0.1) is 5.92 Å². The summed E-state index contributed by atoms with van der Waals surface area (Å²) in [5.41, 5.74) is 1.99. The number of urea groups is 1. The van der Waals surface area contributed by atoms with E-state index in [0.29, 0.717) is 60.9 Å². The zero-order valence-corrected chi connectivity index (χ0v) is 21.8. The molecule has 2 aliphatic heterocycles. The van der Waals surface area contributed by atoms with Gasteiger partial charge in [-0.15, -0.1) is 0 Å². The van der Waals surface area contributed by atoms with Gasteiger partial charge < -0.3 is 15.1 Å². The molecule has 4 rings (SSSR count). The molecule has 0 spiro atoms. The number of nitrogens with one attached hydrogen (secondary N) is 1. The van der Waals surface area contributed by atoms with Crippen LogP contribution in [-0.4, -0.2) is 80.6 Å². The maximum absolute atomic E-state index is 13.3. The van der Waals surface area contributed by atoms with Crippen molar-refractivity contribution >= 4 is 56.5 Å². The number of anilines is 1. The lowest BCUT2D eigenvalue weighted by molar-refractivity contribution is 0.141. The number of likely N-dealkylation sites (tertiary alicyclic amines) is 1. The lowest BCUT2D eigenvalue weighted by Crippen LogP contribution is -2.53. The molecule has 2 fully saturated rings. The number of rotatable bonds is 5. The lowest BCUT2D eigenvalue weighted by atomic mass is 9.89. The highest BCUT2D eigenvalue weighted by Gasteiger charge is 2.38. The van der Waals surface area contributed by atoms with Crippen LogP contribution in [0.15, 0.2) is 42.5 Å². The summed E-state index contributed by atoms with van der Waals surface area (Å²) in [6, 6.07) is 13.1. The number of piperazine rings is 1. The Bertz CT molecular complexity index is 1140. The van der Waals surface area contributed by atoms with Crippen LogP contribution in [0.5, 0.6) is 0 Å². The van der Waals surface area contributed by atoms with E-state index in [0.717, 1.165) is 11.3 Å². The summed E-state index contributed by atoms with van der Waals surface area (Å²) in [6.07, 6.45) is 1.20. The SMILES string of the molecule is CS(=O)(=O)N1CCN(C(=O)N2CC(CNc3ccc(Cl)cc3)C(c3ccc(Cl)c(Cl)c3)C2)CC1. The Morgan fingerprint density at radius 3 is 2.24 bits per heavy atom. The van der Waals surface area contributed by atoms with Crippen molar-refractivity contribution in [1.82, 2.24) is 14.1 Å². The first-order valence-corrected chi connectivity index (χ1v) is 14.0. The Labute approximate surface area is 215 Å². The molecule has 0 radical (unpaired) electrons. The number of carbonyl (C=O) groups excluding carboxylic acids is 1. The molecule has 2 heterocycles. The largest absolute Gasteiger partial charge is 0.385 e. The first-order valence-electron chi connectivity index (χ1n) is 11.0. The third-order valence-electron chi connectivity index (χ3n) is 6.47. The van der Waals surface area contributed by atoms with Crippen molar-refractivity contribution in [2.45, 2.75) is 5.92 Å². The van der Waals surface area contributed by atoms with Crippen molar-refractivity contribution in [2.75, 3.05) is 57.4 Å². The third-order valence-corrected chi connectivity index (χ3v) is 8.77. The second-order valence-corrected chi connectivity index (χ2v) is 12.0. The lowest BCUT2D eigenvalue weighted by Gasteiger charge is -2.35. The molecular formula is C23H27Cl3N4O3S. The van der Waals surface area contributed by atoms with Crippen LogP contribution in [0.25, 0.3) is 0 Å². The summed E-state index contributed by atoms with van der Waals surface area (Å²) < 4.78 is 25.0. The molecule has 2 saturated heterocycles. The minimum atomic E-state index is -3.25. The molecule has 7 nitrogen and oxygen atoms in total. The van der Waals surface area contributed by atoms with Gasteiger partial charge in [-0.3, -0.25) is 0 Å². The fourth-order valence-corrected chi connectivity index (χ4v) is 5.84. The number of sulfonamides is 1. The fraction of sp³-hybridized carbons (Fsp3) is 0.435. The molecule has 0 aliphatic carbocycles. The highest BCUT2D eigenvalue weighted by atomic mass is 35.5. The number of benzene rings is 2. The van der Waals surface area contributed by atoms with E-state index in [2.05, 4.69) is 5.32 Å². The predicted molar refractivity (Wildman–Crippen MR) is 138 cm³/mol. The second kappa shape index (κ2) is 10.5. The maximum atomic E-state index is 13.3. The molecule has 34 heavy (non-hydrogen) atoms. The van der Waals surface area contributed by atoms with E-state index in [1.807, 2.05) is 41.3 Å². The molecular weight excluding hydrogens is 519 g/mol. The Morgan fingerprint density at radius 2 is 1.62 bits per heavy atom. The molecule has 11 heteroatoms. The standard InChI is InChI=1S/C23H27Cl3N4O3S/c1-34(32,33)30-10-8-28(9-11-30)23(31)29-14-17(13-27-19-5-3-18(24)4-6-19)20(15-29)16-2-7-21(25)22(26)12-16/h2-7,12,17,20,27H,8-11,13-15H2,1H3. The molecule has 2 amide bonds. The average Bonchev–Trinajstić information content (AvgIpc) is 3.24. The van der Waals surface area contributed by atoms with E-state index in [9.17, 15) is 13.2 Å². The minimum Gasteiger partial charge on any atom is -0.385 e. The summed E-state index contributed by atoms with van der Waals surface area (Å²) in [7, 11) is -3.25.